The number of hydrogen-bond acceptors (Lipinski definition) is 4. The van der Waals surface area contributed by atoms with Crippen molar-refractivity contribution in [3.8, 4) is 0 Å². The maximum atomic E-state index is 13.1. The summed E-state index contributed by atoms with van der Waals surface area (Å²) in [6, 6.07) is 0. The van der Waals surface area contributed by atoms with Crippen molar-refractivity contribution in [2.45, 2.75) is 83.1 Å². The van der Waals surface area contributed by atoms with Crippen LogP contribution in [0.15, 0.2) is 70.1 Å². The zero-order valence-electron chi connectivity index (χ0n) is 27.8. The molecule has 0 bridgehead atoms. The molecule has 0 aromatic heterocycles. The van der Waals surface area contributed by atoms with Crippen molar-refractivity contribution in [2.24, 2.45) is 21.7 Å². The summed E-state index contributed by atoms with van der Waals surface area (Å²) in [6.07, 6.45) is 11.8. The van der Waals surface area contributed by atoms with Gasteiger partial charge < -0.3 is 10.6 Å². The topological polar surface area (TPSA) is 58.2 Å². The van der Waals surface area contributed by atoms with Gasteiger partial charge in [0.05, 0.1) is 0 Å². The number of ketones is 2. The molecule has 44 heavy (non-hydrogen) atoms. The smallest absolute Gasteiger partial charge is 0 e. The molecule has 1 radical (unpaired) electrons. The Bertz CT molecular complexity index is 1210. The number of Topliss-reactive ketones (excluding diaryl/α,β-unsaturated/α-hetero) is 2. The van der Waals surface area contributed by atoms with Gasteiger partial charge in [0.1, 0.15) is 0 Å². The number of carbonyl (C=O) groups is 2. The van der Waals surface area contributed by atoms with Gasteiger partial charge in [-0.1, -0.05) is 95.2 Å². The standard InChI is InChI=1S/C32H48N2O2.F6P.Mn/c1-29(2,3)23-15-21(27(35)25(17-23)31(7,8)9)19-33-13-14-34-20-22-16-24(30(4,5)6)18-26(28(22)36)32(10,11)12;1-7(2,3,4,5)6;/h15-20,33-34H,13-14H2,1-12H3;;/q;-1;/b21-19-,22-20-;;. The van der Waals surface area contributed by atoms with E-state index in [1.165, 1.54) is 0 Å². The quantitative estimate of drug-likeness (QED) is 0.0990. The van der Waals surface area contributed by atoms with E-state index in [0.717, 1.165) is 22.3 Å². The third-order valence-corrected chi connectivity index (χ3v) is 6.51. The first-order valence-corrected chi connectivity index (χ1v) is 16.1. The second-order valence-electron chi connectivity index (χ2n) is 15.0. The molecule has 0 atom stereocenters. The Kier molecular flexibility index (Phi) is 12.3. The van der Waals surface area contributed by atoms with Crippen LogP contribution in [0.25, 0.3) is 0 Å². The van der Waals surface area contributed by atoms with Gasteiger partial charge in [0, 0.05) is 64.9 Å². The molecule has 2 aliphatic rings. The van der Waals surface area contributed by atoms with Gasteiger partial charge in [0.15, 0.2) is 11.6 Å². The van der Waals surface area contributed by atoms with Crippen LogP contribution in [0.3, 0.4) is 0 Å². The number of hydrogen-bond donors (Lipinski definition) is 2. The van der Waals surface area contributed by atoms with Crippen LogP contribution in [0.5, 0.6) is 0 Å². The van der Waals surface area contributed by atoms with Crippen LogP contribution in [0.1, 0.15) is 83.1 Å². The van der Waals surface area contributed by atoms with Crippen molar-refractivity contribution in [1.82, 2.24) is 10.6 Å². The van der Waals surface area contributed by atoms with E-state index in [2.05, 4.69) is 106 Å². The van der Waals surface area contributed by atoms with Crippen LogP contribution in [0.4, 0.5) is 25.2 Å². The molecule has 0 heterocycles. The molecule has 0 amide bonds. The predicted octanol–water partition coefficient (Wildman–Crippen LogP) is 10.4. The van der Waals surface area contributed by atoms with E-state index in [9.17, 15) is 34.8 Å². The first-order chi connectivity index (χ1) is 18.7. The molecule has 2 rings (SSSR count). The van der Waals surface area contributed by atoms with E-state index < -0.39 is 7.81 Å². The molecule has 2 N–H and O–H groups in total. The van der Waals surface area contributed by atoms with Gasteiger partial charge in [0.2, 0.25) is 0 Å². The fraction of sp³-hybridized carbons (Fsp3) is 0.562. The van der Waals surface area contributed by atoms with Crippen molar-refractivity contribution in [3.63, 3.8) is 0 Å². The maximum absolute atomic E-state index is 13.1. The Morgan fingerprint density at radius 1 is 0.545 bits per heavy atom. The van der Waals surface area contributed by atoms with Crippen LogP contribution in [-0.2, 0) is 26.7 Å². The molecule has 0 saturated heterocycles. The second-order valence-corrected chi connectivity index (χ2v) is 17.0. The SMILES string of the molecule is CC(C)(C)C1=C/C(=C/NCCN/C=C2/C=C(C(C)(C)C)C=C(C(C)(C)C)C2=O)C(=O)C(C(C)(C)C)=C1.F[P-](F)(F)(F)(F)F.[Mn]. The molecule has 12 heteroatoms. The molecule has 2 aliphatic carbocycles. The summed E-state index contributed by atoms with van der Waals surface area (Å²) in [5.41, 5.74) is 4.83. The van der Waals surface area contributed by atoms with Crippen LogP contribution in [0.2, 0.25) is 0 Å². The molecule has 0 aromatic carbocycles. The van der Waals surface area contributed by atoms with Crippen LogP contribution >= 0.6 is 7.81 Å². The second kappa shape index (κ2) is 13.0. The molecular weight excluding hydrogens is 644 g/mol. The third-order valence-electron chi connectivity index (χ3n) is 6.51. The Labute approximate surface area is 269 Å². The summed E-state index contributed by atoms with van der Waals surface area (Å²) in [5.74, 6) is 0.152. The Morgan fingerprint density at radius 3 is 1.00 bits per heavy atom. The molecule has 4 nitrogen and oxygen atoms in total. The van der Waals surface area contributed by atoms with E-state index in [0.29, 0.717) is 24.2 Å². The van der Waals surface area contributed by atoms with Gasteiger partial charge in [-0.15, -0.1) is 0 Å². The third kappa shape index (κ3) is 15.3. The van der Waals surface area contributed by atoms with Crippen molar-refractivity contribution >= 4 is 19.4 Å². The zero-order chi connectivity index (χ0) is 34.1. The molecule has 0 fully saturated rings. The van der Waals surface area contributed by atoms with E-state index in [-0.39, 0.29) is 50.3 Å². The maximum Gasteiger partial charge on any atom is 0 e. The van der Waals surface area contributed by atoms with Crippen molar-refractivity contribution in [1.29, 1.82) is 0 Å². The van der Waals surface area contributed by atoms with Crippen LogP contribution in [0, 0.1) is 21.7 Å². The molecule has 0 aromatic rings. The number of nitrogens with one attached hydrogen (secondary N) is 2. The molecule has 0 aliphatic heterocycles. The van der Waals surface area contributed by atoms with Gasteiger partial charge >= 0.3 is 33.0 Å². The molecule has 0 spiro atoms. The summed E-state index contributed by atoms with van der Waals surface area (Å²) in [5, 5.41) is 6.57. The minimum Gasteiger partial charge on any atom is 0 e. The number of carbonyl (C=O) groups excluding carboxylic acids is 2. The van der Waals surface area contributed by atoms with Crippen LogP contribution < -0.4 is 10.6 Å². The average molecular weight is 693 g/mol. The largest absolute Gasteiger partial charge is 0 e. The van der Waals surface area contributed by atoms with Crippen LogP contribution in [-0.4, -0.2) is 24.7 Å². The zero-order valence-corrected chi connectivity index (χ0v) is 29.9. The normalized spacial score (nSPS) is 20.2. The number of halogens is 6. The van der Waals surface area contributed by atoms with Gasteiger partial charge in [-0.05, 0) is 45.0 Å². The minimum atomic E-state index is -10.7. The number of allylic oxidation sites excluding steroid dienone is 10. The minimum absolute atomic E-state index is 0. The summed E-state index contributed by atoms with van der Waals surface area (Å²) in [7, 11) is -10.7. The van der Waals surface area contributed by atoms with E-state index in [4.69, 9.17) is 0 Å². The summed E-state index contributed by atoms with van der Waals surface area (Å²) < 4.78 is 59.2. The number of rotatable bonds is 5. The van der Waals surface area contributed by atoms with E-state index in [1.807, 2.05) is 24.6 Å². The Balaban J connectivity index is 0.00000206. The average Bonchev–Trinajstić information content (AvgIpc) is 2.72. The fourth-order valence-corrected chi connectivity index (χ4v) is 4.01. The van der Waals surface area contributed by atoms with Crippen molar-refractivity contribution in [2.75, 3.05) is 13.1 Å². The van der Waals surface area contributed by atoms with Gasteiger partial charge in [-0.3, -0.25) is 9.59 Å². The molecule has 0 saturated carbocycles. The monoisotopic (exact) mass is 692 g/mol. The van der Waals surface area contributed by atoms with E-state index >= 15 is 0 Å². The summed E-state index contributed by atoms with van der Waals surface area (Å²) >= 11 is 0. The van der Waals surface area contributed by atoms with Crippen molar-refractivity contribution in [3.05, 3.63) is 70.1 Å². The summed E-state index contributed by atoms with van der Waals surface area (Å²) in [6.45, 7) is 26.7. The Hall–Kier alpha value is -2.09. The van der Waals surface area contributed by atoms with Gasteiger partial charge in [0.25, 0.3) is 0 Å². The van der Waals surface area contributed by atoms with Gasteiger partial charge in [-0.25, -0.2) is 0 Å². The first kappa shape index (κ1) is 41.9. The predicted molar refractivity (Wildman–Crippen MR) is 166 cm³/mol. The summed E-state index contributed by atoms with van der Waals surface area (Å²) in [4.78, 5) is 26.3. The fourth-order valence-electron chi connectivity index (χ4n) is 4.01. The van der Waals surface area contributed by atoms with Crippen molar-refractivity contribution < 1.29 is 51.8 Å². The molecule has 0 unspecified atom stereocenters. The molecular formula is C32H48F6MnN2O2P-. The Morgan fingerprint density at radius 2 is 0.795 bits per heavy atom. The first-order valence-electron chi connectivity index (χ1n) is 14.1. The van der Waals surface area contributed by atoms with Gasteiger partial charge in [-0.2, -0.15) is 0 Å². The van der Waals surface area contributed by atoms with E-state index in [1.54, 1.807) is 0 Å². The molecule has 253 valence electrons.